The molecular formula is C28H25ClN4O3. The van der Waals surface area contributed by atoms with Crippen LogP contribution in [0, 0.1) is 6.92 Å². The van der Waals surface area contributed by atoms with Gasteiger partial charge in [-0.1, -0.05) is 54.1 Å². The molecule has 0 bridgehead atoms. The number of ether oxygens (including phenoxy) is 2. The maximum Gasteiger partial charge on any atom is 0.258 e. The molecule has 1 atom stereocenters. The Bertz CT molecular complexity index is 1520. The van der Waals surface area contributed by atoms with E-state index in [2.05, 4.69) is 15.0 Å². The maximum absolute atomic E-state index is 12.2. The molecular weight excluding hydrogens is 476 g/mol. The lowest BCUT2D eigenvalue weighted by Crippen LogP contribution is -2.31. The van der Waals surface area contributed by atoms with Crippen LogP contribution in [0.25, 0.3) is 10.9 Å². The lowest BCUT2D eigenvalue weighted by atomic mass is 9.83. The highest BCUT2D eigenvalue weighted by atomic mass is 35.5. The number of halogens is 1. The van der Waals surface area contributed by atoms with Gasteiger partial charge in [-0.3, -0.25) is 4.98 Å². The van der Waals surface area contributed by atoms with Gasteiger partial charge in [0.25, 0.3) is 5.88 Å². The lowest BCUT2D eigenvalue weighted by Gasteiger charge is -2.30. The second-order valence-corrected chi connectivity index (χ2v) is 8.94. The van der Waals surface area contributed by atoms with Gasteiger partial charge in [0.1, 0.15) is 6.61 Å². The Balaban J connectivity index is 1.66. The average molecular weight is 501 g/mol. The quantitative estimate of drug-likeness (QED) is 0.331. The minimum Gasteiger partial charge on any atom is -0.482 e. The zero-order valence-corrected chi connectivity index (χ0v) is 20.9. The van der Waals surface area contributed by atoms with E-state index in [9.17, 15) is 5.11 Å². The van der Waals surface area contributed by atoms with Crippen LogP contribution in [-0.4, -0.2) is 31.7 Å². The first-order valence-electron chi connectivity index (χ1n) is 11.4. The molecule has 7 nitrogen and oxygen atoms in total. The molecule has 0 saturated heterocycles. The van der Waals surface area contributed by atoms with Gasteiger partial charge in [-0.2, -0.15) is 0 Å². The van der Waals surface area contributed by atoms with E-state index in [4.69, 9.17) is 21.1 Å². The fraction of sp³-hybridized carbons (Fsp3) is 0.179. The Morgan fingerprint density at radius 2 is 1.81 bits per heavy atom. The highest BCUT2D eigenvalue weighted by Crippen LogP contribution is 2.42. The highest BCUT2D eigenvalue weighted by molar-refractivity contribution is 6.37. The number of rotatable bonds is 7. The predicted octanol–water partition coefficient (Wildman–Crippen LogP) is 5.20. The largest absolute Gasteiger partial charge is 0.482 e. The number of aromatic nitrogens is 4. The van der Waals surface area contributed by atoms with Crippen LogP contribution < -0.4 is 9.47 Å². The first-order chi connectivity index (χ1) is 17.4. The molecule has 5 rings (SSSR count). The smallest absolute Gasteiger partial charge is 0.258 e. The second-order valence-electron chi connectivity index (χ2n) is 8.56. The summed E-state index contributed by atoms with van der Waals surface area (Å²) in [6.07, 6.45) is 4.97. The van der Waals surface area contributed by atoms with Crippen molar-refractivity contribution in [2.24, 2.45) is 7.05 Å². The van der Waals surface area contributed by atoms with E-state index in [0.717, 1.165) is 11.3 Å². The first kappa shape index (κ1) is 23.8. The molecule has 8 heteroatoms. The van der Waals surface area contributed by atoms with Gasteiger partial charge in [0.05, 0.1) is 35.9 Å². The molecule has 1 N–H and O–H groups in total. The molecule has 0 aliphatic rings. The van der Waals surface area contributed by atoms with Crippen LogP contribution in [0.2, 0.25) is 5.02 Å². The number of methoxy groups -OCH3 is 1. The number of pyridine rings is 2. The molecule has 2 aromatic carbocycles. The van der Waals surface area contributed by atoms with Gasteiger partial charge < -0.3 is 19.1 Å². The van der Waals surface area contributed by atoms with E-state index >= 15 is 0 Å². The SMILES string of the molecule is COc1nc2ccc(C(O)(c3ccc(C)nc3)c3cncn3C)cc2c(Cl)c1OCc1ccccc1. The summed E-state index contributed by atoms with van der Waals surface area (Å²) in [5.74, 6) is 0.634. The zero-order chi connectivity index (χ0) is 25.3. The van der Waals surface area contributed by atoms with Crippen LogP contribution in [-0.2, 0) is 19.3 Å². The van der Waals surface area contributed by atoms with Crippen LogP contribution in [0.5, 0.6) is 11.6 Å². The summed E-state index contributed by atoms with van der Waals surface area (Å²) in [7, 11) is 3.37. The summed E-state index contributed by atoms with van der Waals surface area (Å²) >= 11 is 6.88. The van der Waals surface area contributed by atoms with Crippen molar-refractivity contribution in [1.29, 1.82) is 0 Å². The van der Waals surface area contributed by atoms with E-state index in [1.54, 1.807) is 23.3 Å². The Morgan fingerprint density at radius 3 is 2.47 bits per heavy atom. The zero-order valence-electron chi connectivity index (χ0n) is 20.1. The summed E-state index contributed by atoms with van der Waals surface area (Å²) in [4.78, 5) is 13.3. The fourth-order valence-corrected chi connectivity index (χ4v) is 4.54. The van der Waals surface area contributed by atoms with Crippen molar-refractivity contribution >= 4 is 22.5 Å². The molecule has 0 saturated carbocycles. The van der Waals surface area contributed by atoms with Gasteiger partial charge in [0.2, 0.25) is 5.75 Å². The van der Waals surface area contributed by atoms with E-state index < -0.39 is 5.60 Å². The topological polar surface area (TPSA) is 82.3 Å². The van der Waals surface area contributed by atoms with E-state index in [1.807, 2.05) is 74.6 Å². The Labute approximate surface area is 214 Å². The Kier molecular flexibility index (Phi) is 6.35. The fourth-order valence-electron chi connectivity index (χ4n) is 4.25. The van der Waals surface area contributed by atoms with Crippen molar-refractivity contribution in [3.63, 3.8) is 0 Å². The van der Waals surface area contributed by atoms with Crippen LogP contribution >= 0.6 is 11.6 Å². The third-order valence-corrected chi connectivity index (χ3v) is 6.58. The number of fused-ring (bicyclic) bond motifs is 1. The molecule has 36 heavy (non-hydrogen) atoms. The highest BCUT2D eigenvalue weighted by Gasteiger charge is 2.37. The number of hydrogen-bond acceptors (Lipinski definition) is 6. The van der Waals surface area contributed by atoms with Gasteiger partial charge >= 0.3 is 0 Å². The third-order valence-electron chi connectivity index (χ3n) is 6.20. The van der Waals surface area contributed by atoms with Crippen molar-refractivity contribution in [1.82, 2.24) is 19.5 Å². The van der Waals surface area contributed by atoms with E-state index in [1.165, 1.54) is 7.11 Å². The van der Waals surface area contributed by atoms with Crippen molar-refractivity contribution < 1.29 is 14.6 Å². The Hall–Kier alpha value is -3.94. The number of aliphatic hydroxyl groups is 1. The number of hydrogen-bond donors (Lipinski definition) is 1. The number of nitrogens with zero attached hydrogens (tertiary/aromatic N) is 4. The summed E-state index contributed by atoms with van der Waals surface area (Å²) in [5.41, 5.74) is 2.70. The molecule has 3 aromatic heterocycles. The van der Waals surface area contributed by atoms with Gasteiger partial charge in [-0.15, -0.1) is 0 Å². The molecule has 182 valence electrons. The second kappa shape index (κ2) is 9.60. The standard InChI is InChI=1S/C28H25ClN4O3/c1-18-9-10-21(14-31-18)28(34,24-15-30-17-33(24)2)20-11-12-23-22(13-20)25(29)26(27(32-23)35-3)36-16-19-7-5-4-6-8-19/h4-15,17,34H,16H2,1-3H3. The number of benzene rings is 2. The van der Waals surface area contributed by atoms with E-state index in [-0.39, 0.29) is 0 Å². The minimum absolute atomic E-state index is 0.292. The average Bonchev–Trinajstić information content (AvgIpc) is 3.34. The maximum atomic E-state index is 12.2. The predicted molar refractivity (Wildman–Crippen MR) is 138 cm³/mol. The molecule has 0 amide bonds. The van der Waals surface area contributed by atoms with Gasteiger partial charge in [-0.25, -0.2) is 9.97 Å². The summed E-state index contributed by atoms with van der Waals surface area (Å²) < 4.78 is 13.3. The van der Waals surface area contributed by atoms with Crippen molar-refractivity contribution in [3.8, 4) is 11.6 Å². The minimum atomic E-state index is -1.53. The summed E-state index contributed by atoms with van der Waals surface area (Å²) in [6.45, 7) is 2.20. The Morgan fingerprint density at radius 1 is 1.03 bits per heavy atom. The number of imidazole rings is 1. The molecule has 0 aliphatic carbocycles. The first-order valence-corrected chi connectivity index (χ1v) is 11.8. The molecule has 0 fully saturated rings. The third kappa shape index (κ3) is 4.17. The van der Waals surface area contributed by atoms with Crippen LogP contribution in [0.3, 0.4) is 0 Å². The van der Waals surface area contributed by atoms with Gasteiger partial charge in [-0.05, 0) is 36.2 Å². The monoisotopic (exact) mass is 500 g/mol. The van der Waals surface area contributed by atoms with Crippen molar-refractivity contribution in [2.75, 3.05) is 7.11 Å². The van der Waals surface area contributed by atoms with E-state index in [0.29, 0.717) is 51.0 Å². The lowest BCUT2D eigenvalue weighted by molar-refractivity contribution is 0.117. The van der Waals surface area contributed by atoms with Crippen LogP contribution in [0.4, 0.5) is 0 Å². The molecule has 0 spiro atoms. The van der Waals surface area contributed by atoms with Crippen LogP contribution in [0.1, 0.15) is 28.1 Å². The van der Waals surface area contributed by atoms with Gasteiger partial charge in [0, 0.05) is 29.9 Å². The molecule has 0 aliphatic heterocycles. The van der Waals surface area contributed by atoms with Crippen molar-refractivity contribution in [2.45, 2.75) is 19.1 Å². The van der Waals surface area contributed by atoms with Gasteiger partial charge in [0.15, 0.2) is 5.60 Å². The summed E-state index contributed by atoms with van der Waals surface area (Å²) in [5, 5.41) is 13.2. The number of aryl methyl sites for hydroxylation is 2. The molecule has 0 radical (unpaired) electrons. The normalized spacial score (nSPS) is 12.9. The molecule has 5 aromatic rings. The summed E-state index contributed by atoms with van der Waals surface area (Å²) in [6, 6.07) is 19.0. The molecule has 1 unspecified atom stereocenters. The molecule has 3 heterocycles. The van der Waals surface area contributed by atoms with Crippen molar-refractivity contribution in [3.05, 3.63) is 112 Å². The van der Waals surface area contributed by atoms with Crippen LogP contribution in [0.15, 0.2) is 79.4 Å².